The molecule has 0 spiro atoms. The number of nitrogens with zero attached hydrogens (tertiary/aromatic N) is 2. The monoisotopic (exact) mass is 287 g/mol. The van der Waals surface area contributed by atoms with Crippen molar-refractivity contribution in [3.05, 3.63) is 35.6 Å². The molecule has 1 aromatic heterocycles. The maximum atomic E-state index is 6.08. The standard InChI is InChI=1S/C16H21N3O2/c1-11-10-19(7-8-20-11)16(17)18-9-15-12(2)13-5-3-4-6-14(13)21-15/h3-6,11H,7-10H2,1-2H3,(H2,17,18). The minimum absolute atomic E-state index is 0.195. The number of fused-ring (bicyclic) bond motifs is 1. The first-order chi connectivity index (χ1) is 10.1. The van der Waals surface area contributed by atoms with Crippen molar-refractivity contribution < 1.29 is 9.15 Å². The Morgan fingerprint density at radius 2 is 2.24 bits per heavy atom. The fourth-order valence-corrected chi connectivity index (χ4v) is 2.66. The topological polar surface area (TPSA) is 64.0 Å². The molecule has 5 heteroatoms. The summed E-state index contributed by atoms with van der Waals surface area (Å²) in [6.45, 7) is 6.85. The molecule has 0 radical (unpaired) electrons. The lowest BCUT2D eigenvalue weighted by Gasteiger charge is -2.31. The van der Waals surface area contributed by atoms with E-state index in [9.17, 15) is 0 Å². The van der Waals surface area contributed by atoms with Crippen LogP contribution in [0.2, 0.25) is 0 Å². The smallest absolute Gasteiger partial charge is 0.191 e. The number of guanidine groups is 1. The zero-order valence-electron chi connectivity index (χ0n) is 12.5. The van der Waals surface area contributed by atoms with Gasteiger partial charge < -0.3 is 19.8 Å². The van der Waals surface area contributed by atoms with Gasteiger partial charge in [-0.15, -0.1) is 0 Å². The van der Waals surface area contributed by atoms with Crippen LogP contribution in [0.15, 0.2) is 33.7 Å². The summed E-state index contributed by atoms with van der Waals surface area (Å²) in [5, 5.41) is 1.14. The van der Waals surface area contributed by atoms with Gasteiger partial charge in [-0.25, -0.2) is 4.99 Å². The van der Waals surface area contributed by atoms with Crippen LogP contribution in [0.3, 0.4) is 0 Å². The molecule has 0 aliphatic carbocycles. The van der Waals surface area contributed by atoms with E-state index in [0.717, 1.165) is 35.4 Å². The van der Waals surface area contributed by atoms with Crippen LogP contribution in [-0.2, 0) is 11.3 Å². The van der Waals surface area contributed by atoms with Crippen LogP contribution in [0.1, 0.15) is 18.2 Å². The number of hydrogen-bond acceptors (Lipinski definition) is 3. The maximum absolute atomic E-state index is 6.08. The Bertz CT molecular complexity index is 663. The normalized spacial score (nSPS) is 20.2. The molecule has 5 nitrogen and oxygen atoms in total. The Balaban J connectivity index is 1.75. The van der Waals surface area contributed by atoms with Crippen molar-refractivity contribution in [2.24, 2.45) is 10.7 Å². The second-order valence-corrected chi connectivity index (χ2v) is 5.45. The average Bonchev–Trinajstić information content (AvgIpc) is 2.82. The molecule has 2 N–H and O–H groups in total. The molecule has 3 rings (SSSR count). The molecule has 1 atom stereocenters. The molecule has 1 fully saturated rings. The lowest BCUT2D eigenvalue weighted by molar-refractivity contribution is 0.00528. The summed E-state index contributed by atoms with van der Waals surface area (Å²) >= 11 is 0. The highest BCUT2D eigenvalue weighted by Gasteiger charge is 2.18. The number of rotatable bonds is 2. The number of morpholine rings is 1. The predicted octanol–water partition coefficient (Wildman–Crippen LogP) is 2.28. The van der Waals surface area contributed by atoms with Crippen molar-refractivity contribution in [2.75, 3.05) is 19.7 Å². The van der Waals surface area contributed by atoms with E-state index in [1.54, 1.807) is 0 Å². The van der Waals surface area contributed by atoms with Crippen LogP contribution in [0, 0.1) is 6.92 Å². The quantitative estimate of drug-likeness (QED) is 0.680. The van der Waals surface area contributed by atoms with Gasteiger partial charge >= 0.3 is 0 Å². The molecule has 1 saturated heterocycles. The number of para-hydroxylation sites is 1. The van der Waals surface area contributed by atoms with Gasteiger partial charge in [-0.3, -0.25) is 0 Å². The molecule has 1 aromatic carbocycles. The van der Waals surface area contributed by atoms with Gasteiger partial charge in [-0.05, 0) is 19.9 Å². The SMILES string of the molecule is Cc1c(CN=C(N)N2CCOC(C)C2)oc2ccccc12. The molecular weight excluding hydrogens is 266 g/mol. The van der Waals surface area contributed by atoms with Crippen molar-refractivity contribution in [1.29, 1.82) is 0 Å². The molecule has 112 valence electrons. The highest BCUT2D eigenvalue weighted by molar-refractivity contribution is 5.82. The molecular formula is C16H21N3O2. The summed E-state index contributed by atoms with van der Waals surface area (Å²) in [5.74, 6) is 1.44. The number of benzene rings is 1. The van der Waals surface area contributed by atoms with Crippen LogP contribution in [0.25, 0.3) is 11.0 Å². The molecule has 1 aliphatic rings. The van der Waals surface area contributed by atoms with Crippen molar-refractivity contribution in [2.45, 2.75) is 26.5 Å². The summed E-state index contributed by atoms with van der Waals surface area (Å²) in [7, 11) is 0. The number of aliphatic imine (C=N–C) groups is 1. The first kappa shape index (κ1) is 13.9. The first-order valence-corrected chi connectivity index (χ1v) is 7.28. The van der Waals surface area contributed by atoms with E-state index in [4.69, 9.17) is 14.9 Å². The summed E-state index contributed by atoms with van der Waals surface area (Å²) in [5.41, 5.74) is 8.12. The Labute approximate surface area is 124 Å². The highest BCUT2D eigenvalue weighted by Crippen LogP contribution is 2.25. The van der Waals surface area contributed by atoms with Gasteiger partial charge in [-0.1, -0.05) is 18.2 Å². The second-order valence-electron chi connectivity index (χ2n) is 5.45. The van der Waals surface area contributed by atoms with E-state index in [1.807, 2.05) is 25.1 Å². The van der Waals surface area contributed by atoms with Gasteiger partial charge in [-0.2, -0.15) is 0 Å². The third-order valence-electron chi connectivity index (χ3n) is 3.89. The van der Waals surface area contributed by atoms with Gasteiger partial charge in [0.15, 0.2) is 5.96 Å². The Morgan fingerprint density at radius 3 is 3.00 bits per heavy atom. The summed E-state index contributed by atoms with van der Waals surface area (Å²) in [6.07, 6.45) is 0.195. The average molecular weight is 287 g/mol. The number of nitrogens with two attached hydrogens (primary N) is 1. The maximum Gasteiger partial charge on any atom is 0.191 e. The van der Waals surface area contributed by atoms with Crippen LogP contribution in [-0.4, -0.2) is 36.7 Å². The third-order valence-corrected chi connectivity index (χ3v) is 3.89. The predicted molar refractivity (Wildman–Crippen MR) is 83.3 cm³/mol. The van der Waals surface area contributed by atoms with Gasteiger partial charge in [0.2, 0.25) is 0 Å². The first-order valence-electron chi connectivity index (χ1n) is 7.28. The van der Waals surface area contributed by atoms with E-state index >= 15 is 0 Å². The molecule has 1 unspecified atom stereocenters. The van der Waals surface area contributed by atoms with Gasteiger partial charge in [0.1, 0.15) is 17.9 Å². The zero-order chi connectivity index (χ0) is 14.8. The number of furan rings is 1. The van der Waals surface area contributed by atoms with Crippen LogP contribution < -0.4 is 5.73 Å². The van der Waals surface area contributed by atoms with E-state index in [-0.39, 0.29) is 6.10 Å². The van der Waals surface area contributed by atoms with E-state index in [2.05, 4.69) is 22.9 Å². The van der Waals surface area contributed by atoms with Gasteiger partial charge in [0.05, 0.1) is 12.7 Å². The molecule has 2 heterocycles. The summed E-state index contributed by atoms with van der Waals surface area (Å²) < 4.78 is 11.4. The number of ether oxygens (including phenoxy) is 1. The third kappa shape index (κ3) is 2.88. The summed E-state index contributed by atoms with van der Waals surface area (Å²) in [6, 6.07) is 8.03. The fourth-order valence-electron chi connectivity index (χ4n) is 2.66. The molecule has 0 saturated carbocycles. The highest BCUT2D eigenvalue weighted by atomic mass is 16.5. The molecule has 1 aliphatic heterocycles. The van der Waals surface area contributed by atoms with Crippen molar-refractivity contribution in [1.82, 2.24) is 4.90 Å². The zero-order valence-corrected chi connectivity index (χ0v) is 12.5. The number of hydrogen-bond donors (Lipinski definition) is 1. The molecule has 2 aromatic rings. The molecule has 21 heavy (non-hydrogen) atoms. The van der Waals surface area contributed by atoms with Crippen LogP contribution in [0.4, 0.5) is 0 Å². The molecule has 0 bridgehead atoms. The van der Waals surface area contributed by atoms with Gasteiger partial charge in [0.25, 0.3) is 0 Å². The van der Waals surface area contributed by atoms with Crippen molar-refractivity contribution in [3.63, 3.8) is 0 Å². The number of aryl methyl sites for hydroxylation is 1. The Hall–Kier alpha value is -2.01. The van der Waals surface area contributed by atoms with Crippen LogP contribution >= 0.6 is 0 Å². The van der Waals surface area contributed by atoms with E-state index < -0.39 is 0 Å². The van der Waals surface area contributed by atoms with Crippen LogP contribution in [0.5, 0.6) is 0 Å². The lowest BCUT2D eigenvalue weighted by atomic mass is 10.1. The van der Waals surface area contributed by atoms with E-state index in [1.165, 1.54) is 0 Å². The van der Waals surface area contributed by atoms with Gasteiger partial charge in [0, 0.05) is 24.0 Å². The van der Waals surface area contributed by atoms with Crippen molar-refractivity contribution in [3.8, 4) is 0 Å². The van der Waals surface area contributed by atoms with E-state index in [0.29, 0.717) is 19.1 Å². The minimum Gasteiger partial charge on any atom is -0.459 e. The lowest BCUT2D eigenvalue weighted by Crippen LogP contribution is -2.47. The van der Waals surface area contributed by atoms with Crippen molar-refractivity contribution >= 4 is 16.9 Å². The largest absolute Gasteiger partial charge is 0.459 e. The Kier molecular flexibility index (Phi) is 3.84. The molecule has 0 amide bonds. The minimum atomic E-state index is 0.195. The fraction of sp³-hybridized carbons (Fsp3) is 0.438. The second kappa shape index (κ2) is 5.77. The Morgan fingerprint density at radius 1 is 1.43 bits per heavy atom. The summed E-state index contributed by atoms with van der Waals surface area (Å²) in [4.78, 5) is 6.54.